The van der Waals surface area contributed by atoms with Gasteiger partial charge in [0.15, 0.2) is 0 Å². The summed E-state index contributed by atoms with van der Waals surface area (Å²) in [6.07, 6.45) is 5.03. The molecule has 1 heterocycles. The lowest BCUT2D eigenvalue weighted by atomic mass is 10.3. The van der Waals surface area contributed by atoms with Crippen molar-refractivity contribution in [2.45, 2.75) is 0 Å². The molecule has 0 spiro atoms. The van der Waals surface area contributed by atoms with E-state index in [1.54, 1.807) is 11.9 Å². The lowest BCUT2D eigenvalue weighted by molar-refractivity contribution is -0.132. The molecule has 17 heavy (non-hydrogen) atoms. The molecule has 6 nitrogen and oxygen atoms in total. The SMILES string of the molecule is C#CCNC(=O)N(C)CC(=O)N1CCNCC1. The van der Waals surface area contributed by atoms with Crippen LogP contribution in [0.3, 0.4) is 0 Å². The minimum absolute atomic E-state index is 0.0372. The monoisotopic (exact) mass is 238 g/mol. The molecule has 0 saturated carbocycles. The minimum Gasteiger partial charge on any atom is -0.339 e. The Kier molecular flexibility index (Phi) is 5.30. The van der Waals surface area contributed by atoms with E-state index in [0.717, 1.165) is 13.1 Å². The molecule has 0 bridgehead atoms. The number of urea groups is 1. The molecule has 6 heteroatoms. The van der Waals surface area contributed by atoms with E-state index in [4.69, 9.17) is 6.42 Å². The van der Waals surface area contributed by atoms with Gasteiger partial charge in [-0.15, -0.1) is 6.42 Å². The van der Waals surface area contributed by atoms with E-state index in [-0.39, 0.29) is 25.0 Å². The molecule has 0 aliphatic carbocycles. The van der Waals surface area contributed by atoms with Gasteiger partial charge >= 0.3 is 6.03 Å². The lowest BCUT2D eigenvalue weighted by Gasteiger charge is -2.29. The van der Waals surface area contributed by atoms with Crippen molar-refractivity contribution < 1.29 is 9.59 Å². The van der Waals surface area contributed by atoms with Crippen LogP contribution >= 0.6 is 0 Å². The molecule has 1 rings (SSSR count). The Morgan fingerprint density at radius 2 is 2.12 bits per heavy atom. The number of carbonyl (C=O) groups is 2. The number of nitrogens with one attached hydrogen (secondary N) is 2. The molecule has 0 aromatic heterocycles. The second-order valence-electron chi connectivity index (χ2n) is 3.85. The molecule has 0 atom stereocenters. The first-order valence-electron chi connectivity index (χ1n) is 5.56. The van der Waals surface area contributed by atoms with Gasteiger partial charge in [0.2, 0.25) is 5.91 Å². The topological polar surface area (TPSA) is 64.7 Å². The Hall–Kier alpha value is -1.74. The fraction of sp³-hybridized carbons (Fsp3) is 0.636. The predicted molar refractivity (Wildman–Crippen MR) is 64.3 cm³/mol. The summed E-state index contributed by atoms with van der Waals surface area (Å²) in [4.78, 5) is 26.4. The van der Waals surface area contributed by atoms with E-state index in [0.29, 0.717) is 13.1 Å². The van der Waals surface area contributed by atoms with Crippen molar-refractivity contribution in [3.63, 3.8) is 0 Å². The van der Waals surface area contributed by atoms with Crippen LogP contribution in [-0.2, 0) is 4.79 Å². The van der Waals surface area contributed by atoms with Gasteiger partial charge in [-0.05, 0) is 0 Å². The van der Waals surface area contributed by atoms with Crippen LogP contribution in [0.25, 0.3) is 0 Å². The average molecular weight is 238 g/mol. The van der Waals surface area contributed by atoms with Gasteiger partial charge in [-0.1, -0.05) is 5.92 Å². The Bertz CT molecular complexity index is 318. The number of nitrogens with zero attached hydrogens (tertiary/aromatic N) is 2. The maximum absolute atomic E-state index is 11.8. The van der Waals surface area contributed by atoms with Crippen molar-refractivity contribution in [3.05, 3.63) is 0 Å². The Morgan fingerprint density at radius 1 is 1.47 bits per heavy atom. The number of terminal acetylenes is 1. The first kappa shape index (κ1) is 13.3. The van der Waals surface area contributed by atoms with Crippen molar-refractivity contribution in [2.75, 3.05) is 46.3 Å². The molecule has 3 amide bonds. The standard InChI is InChI=1S/C11H18N4O2/c1-3-4-13-11(17)14(2)9-10(16)15-7-5-12-6-8-15/h1,12H,4-9H2,2H3,(H,13,17). The highest BCUT2D eigenvalue weighted by atomic mass is 16.2. The first-order valence-corrected chi connectivity index (χ1v) is 5.56. The van der Waals surface area contributed by atoms with Crippen LogP contribution in [0, 0.1) is 12.3 Å². The van der Waals surface area contributed by atoms with Gasteiger partial charge in [0, 0.05) is 33.2 Å². The third-order valence-corrected chi connectivity index (χ3v) is 2.53. The molecule has 0 radical (unpaired) electrons. The van der Waals surface area contributed by atoms with Gasteiger partial charge in [0.05, 0.1) is 6.54 Å². The molecule has 1 fully saturated rings. The predicted octanol–water partition coefficient (Wildman–Crippen LogP) is -1.31. The zero-order valence-corrected chi connectivity index (χ0v) is 10.0. The number of hydrogen-bond acceptors (Lipinski definition) is 3. The zero-order chi connectivity index (χ0) is 12.7. The van der Waals surface area contributed by atoms with Crippen LogP contribution in [0.5, 0.6) is 0 Å². The maximum atomic E-state index is 11.8. The average Bonchev–Trinajstić information content (AvgIpc) is 2.36. The zero-order valence-electron chi connectivity index (χ0n) is 10.0. The third kappa shape index (κ3) is 4.33. The summed E-state index contributed by atoms with van der Waals surface area (Å²) < 4.78 is 0. The number of rotatable bonds is 3. The highest BCUT2D eigenvalue weighted by Crippen LogP contribution is 1.95. The van der Waals surface area contributed by atoms with Crippen LogP contribution in [0.15, 0.2) is 0 Å². The van der Waals surface area contributed by atoms with E-state index < -0.39 is 0 Å². The fourth-order valence-electron chi connectivity index (χ4n) is 1.55. The molecule has 0 unspecified atom stereocenters. The summed E-state index contributed by atoms with van der Waals surface area (Å²) >= 11 is 0. The highest BCUT2D eigenvalue weighted by Gasteiger charge is 2.19. The van der Waals surface area contributed by atoms with E-state index in [1.807, 2.05) is 0 Å². The Morgan fingerprint density at radius 3 is 2.71 bits per heavy atom. The van der Waals surface area contributed by atoms with Crippen LogP contribution in [0.4, 0.5) is 4.79 Å². The van der Waals surface area contributed by atoms with Crippen molar-refractivity contribution in [1.29, 1.82) is 0 Å². The summed E-state index contributed by atoms with van der Waals surface area (Å²) in [7, 11) is 1.58. The van der Waals surface area contributed by atoms with Gasteiger partial charge in [0.1, 0.15) is 6.54 Å². The first-order chi connectivity index (χ1) is 8.15. The molecule has 94 valence electrons. The smallest absolute Gasteiger partial charge is 0.318 e. The largest absolute Gasteiger partial charge is 0.339 e. The van der Waals surface area contributed by atoms with Crippen LogP contribution in [0.1, 0.15) is 0 Å². The summed E-state index contributed by atoms with van der Waals surface area (Å²) in [5.41, 5.74) is 0. The van der Waals surface area contributed by atoms with Gasteiger partial charge in [-0.3, -0.25) is 4.79 Å². The molecule has 1 aliphatic heterocycles. The van der Waals surface area contributed by atoms with Gasteiger partial charge < -0.3 is 20.4 Å². The van der Waals surface area contributed by atoms with Crippen molar-refractivity contribution >= 4 is 11.9 Å². The number of amides is 3. The summed E-state index contributed by atoms with van der Waals surface area (Å²) in [6, 6.07) is -0.327. The van der Waals surface area contributed by atoms with Gasteiger partial charge in [0.25, 0.3) is 0 Å². The molecule has 1 saturated heterocycles. The van der Waals surface area contributed by atoms with E-state index >= 15 is 0 Å². The second kappa shape index (κ2) is 6.76. The highest BCUT2D eigenvalue weighted by molar-refractivity contribution is 5.84. The van der Waals surface area contributed by atoms with Crippen molar-refractivity contribution in [1.82, 2.24) is 20.4 Å². The lowest BCUT2D eigenvalue weighted by Crippen LogP contribution is -2.50. The Balaban J connectivity index is 2.34. The number of hydrogen-bond donors (Lipinski definition) is 2. The van der Waals surface area contributed by atoms with Gasteiger partial charge in [-0.25, -0.2) is 4.79 Å². The Labute approximate surface area is 101 Å². The maximum Gasteiger partial charge on any atom is 0.318 e. The number of likely N-dealkylation sites (N-methyl/N-ethyl adjacent to an activating group) is 1. The molecular weight excluding hydrogens is 220 g/mol. The minimum atomic E-state index is -0.327. The van der Waals surface area contributed by atoms with Crippen LogP contribution in [-0.4, -0.2) is 68.1 Å². The number of piperazine rings is 1. The molecule has 2 N–H and O–H groups in total. The second-order valence-corrected chi connectivity index (χ2v) is 3.85. The number of carbonyl (C=O) groups excluding carboxylic acids is 2. The van der Waals surface area contributed by atoms with Crippen LogP contribution < -0.4 is 10.6 Å². The normalized spacial score (nSPS) is 14.9. The summed E-state index contributed by atoms with van der Waals surface area (Å²) in [6.45, 7) is 3.25. The fourth-order valence-corrected chi connectivity index (χ4v) is 1.55. The molecule has 0 aromatic rings. The molecular formula is C11H18N4O2. The quantitative estimate of drug-likeness (QED) is 0.600. The third-order valence-electron chi connectivity index (χ3n) is 2.53. The van der Waals surface area contributed by atoms with Gasteiger partial charge in [-0.2, -0.15) is 0 Å². The summed E-state index contributed by atoms with van der Waals surface area (Å²) in [5.74, 6) is 2.27. The van der Waals surface area contributed by atoms with Crippen molar-refractivity contribution in [2.24, 2.45) is 0 Å². The van der Waals surface area contributed by atoms with Crippen molar-refractivity contribution in [3.8, 4) is 12.3 Å². The van der Waals surface area contributed by atoms with E-state index in [9.17, 15) is 9.59 Å². The summed E-state index contributed by atoms with van der Waals surface area (Å²) in [5, 5.41) is 5.67. The molecule has 1 aliphatic rings. The van der Waals surface area contributed by atoms with E-state index in [1.165, 1.54) is 4.90 Å². The van der Waals surface area contributed by atoms with E-state index in [2.05, 4.69) is 16.6 Å². The van der Waals surface area contributed by atoms with Crippen LogP contribution in [0.2, 0.25) is 0 Å². The molecule has 0 aromatic carbocycles.